The fourth-order valence-corrected chi connectivity index (χ4v) is 2.69. The molecule has 0 aliphatic carbocycles. The summed E-state index contributed by atoms with van der Waals surface area (Å²) in [5.41, 5.74) is 1.15. The number of carboxylic acid groups (broad SMARTS) is 1. The zero-order valence-electron chi connectivity index (χ0n) is 11.0. The first kappa shape index (κ1) is 14.3. The number of nitrogens with one attached hydrogen (secondary N) is 1. The van der Waals surface area contributed by atoms with Gasteiger partial charge in [-0.1, -0.05) is 22.9 Å². The molecule has 0 aromatic heterocycles. The molecule has 1 saturated heterocycles. The van der Waals surface area contributed by atoms with Crippen LogP contribution in [0, 0.1) is 5.92 Å². The van der Waals surface area contributed by atoms with Crippen LogP contribution >= 0.6 is 15.9 Å². The molecule has 0 bridgehead atoms. The Kier molecular flexibility index (Phi) is 4.82. The number of nitrogens with zero attached hydrogens (tertiary/aromatic N) is 1. The molecule has 0 amide bonds. The maximum atomic E-state index is 10.9. The van der Waals surface area contributed by atoms with Gasteiger partial charge in [0.15, 0.2) is 0 Å². The summed E-state index contributed by atoms with van der Waals surface area (Å²) in [5.74, 6) is -0.245. The zero-order valence-corrected chi connectivity index (χ0v) is 12.6. The topological polar surface area (TPSA) is 52.6 Å². The predicted molar refractivity (Wildman–Crippen MR) is 79.6 cm³/mol. The number of halogens is 1. The molecular formula is C14H19BrN2O2. The Labute approximate surface area is 121 Å². The molecule has 0 saturated carbocycles. The monoisotopic (exact) mass is 326 g/mol. The van der Waals surface area contributed by atoms with Gasteiger partial charge in [-0.25, -0.2) is 0 Å². The zero-order chi connectivity index (χ0) is 13.8. The lowest BCUT2D eigenvalue weighted by molar-refractivity contribution is -0.137. The first-order valence-corrected chi connectivity index (χ1v) is 7.29. The Hall–Kier alpha value is -1.07. The van der Waals surface area contributed by atoms with Gasteiger partial charge in [-0.3, -0.25) is 4.79 Å². The van der Waals surface area contributed by atoms with Gasteiger partial charge >= 0.3 is 5.97 Å². The van der Waals surface area contributed by atoms with Crippen molar-refractivity contribution in [3.63, 3.8) is 0 Å². The predicted octanol–water partition coefficient (Wildman–Crippen LogP) is 2.34. The van der Waals surface area contributed by atoms with Crippen molar-refractivity contribution in [1.82, 2.24) is 5.32 Å². The van der Waals surface area contributed by atoms with Gasteiger partial charge in [-0.05, 0) is 36.7 Å². The average Bonchev–Trinajstić information content (AvgIpc) is 2.52. The molecule has 2 rings (SSSR count). The highest BCUT2D eigenvalue weighted by Gasteiger charge is 2.23. The molecule has 19 heavy (non-hydrogen) atoms. The van der Waals surface area contributed by atoms with E-state index in [1.54, 1.807) is 0 Å². The molecule has 104 valence electrons. The molecule has 5 heteroatoms. The maximum absolute atomic E-state index is 10.9. The first-order chi connectivity index (χ1) is 9.04. The third-order valence-corrected chi connectivity index (χ3v) is 3.87. The number of carboxylic acids is 1. The van der Waals surface area contributed by atoms with E-state index in [0.717, 1.165) is 29.8 Å². The average molecular weight is 327 g/mol. The van der Waals surface area contributed by atoms with E-state index in [4.69, 9.17) is 5.11 Å². The minimum atomic E-state index is -0.747. The second kappa shape index (κ2) is 6.39. The summed E-state index contributed by atoms with van der Waals surface area (Å²) in [5, 5.41) is 12.3. The largest absolute Gasteiger partial charge is 0.481 e. The molecule has 1 aromatic carbocycles. The van der Waals surface area contributed by atoms with Gasteiger partial charge in [0, 0.05) is 29.3 Å². The van der Waals surface area contributed by atoms with Crippen LogP contribution < -0.4 is 10.2 Å². The van der Waals surface area contributed by atoms with Crippen molar-refractivity contribution >= 4 is 27.6 Å². The van der Waals surface area contributed by atoms with Crippen molar-refractivity contribution < 1.29 is 9.90 Å². The van der Waals surface area contributed by atoms with Gasteiger partial charge in [-0.15, -0.1) is 0 Å². The summed E-state index contributed by atoms with van der Waals surface area (Å²) in [4.78, 5) is 13.2. The minimum Gasteiger partial charge on any atom is -0.481 e. The van der Waals surface area contributed by atoms with Crippen LogP contribution in [0.2, 0.25) is 0 Å². The van der Waals surface area contributed by atoms with Crippen LogP contribution in [0.3, 0.4) is 0 Å². The summed E-state index contributed by atoms with van der Waals surface area (Å²) in [6.45, 7) is 4.73. The van der Waals surface area contributed by atoms with Gasteiger partial charge in [0.1, 0.15) is 0 Å². The summed E-state index contributed by atoms with van der Waals surface area (Å²) in [7, 11) is 0. The standard InChI is InChI=1S/C14H19BrN2O2/c1-10-7-16-12(6-14(18)19)9-17(8-10)13-4-2-11(15)3-5-13/h2-5,10,12,16H,6-9H2,1H3,(H,18,19). The number of hydrogen-bond acceptors (Lipinski definition) is 3. The van der Waals surface area contributed by atoms with Crippen LogP contribution in [0.5, 0.6) is 0 Å². The molecule has 2 N–H and O–H groups in total. The van der Waals surface area contributed by atoms with Gasteiger partial charge in [0.2, 0.25) is 0 Å². The van der Waals surface area contributed by atoms with Gasteiger partial charge in [0.25, 0.3) is 0 Å². The lowest BCUT2D eigenvalue weighted by Crippen LogP contribution is -2.39. The Balaban J connectivity index is 2.12. The minimum absolute atomic E-state index is 0.00565. The molecule has 2 atom stereocenters. The summed E-state index contributed by atoms with van der Waals surface area (Å²) in [6.07, 6.45) is 0.166. The van der Waals surface area contributed by atoms with Gasteiger partial charge in [-0.2, -0.15) is 0 Å². The number of benzene rings is 1. The highest BCUT2D eigenvalue weighted by atomic mass is 79.9. The number of hydrogen-bond donors (Lipinski definition) is 2. The van der Waals surface area contributed by atoms with E-state index in [1.165, 1.54) is 0 Å². The van der Waals surface area contributed by atoms with Crippen LogP contribution in [0.1, 0.15) is 13.3 Å². The Bertz CT molecular complexity index is 436. The van der Waals surface area contributed by atoms with E-state index < -0.39 is 5.97 Å². The second-order valence-electron chi connectivity index (χ2n) is 5.19. The molecule has 1 aliphatic heterocycles. The van der Waals surface area contributed by atoms with Crippen LogP contribution in [0.25, 0.3) is 0 Å². The highest BCUT2D eigenvalue weighted by molar-refractivity contribution is 9.10. The smallest absolute Gasteiger partial charge is 0.304 e. The first-order valence-electron chi connectivity index (χ1n) is 6.50. The lowest BCUT2D eigenvalue weighted by atomic mass is 10.1. The van der Waals surface area contributed by atoms with Crippen molar-refractivity contribution in [2.24, 2.45) is 5.92 Å². The van der Waals surface area contributed by atoms with Crippen LogP contribution in [0.15, 0.2) is 28.7 Å². The molecule has 1 heterocycles. The Morgan fingerprint density at radius 2 is 2.11 bits per heavy atom. The van der Waals surface area contributed by atoms with Crippen molar-refractivity contribution in [1.29, 1.82) is 0 Å². The fourth-order valence-electron chi connectivity index (χ4n) is 2.42. The van der Waals surface area contributed by atoms with Crippen LogP contribution in [0.4, 0.5) is 5.69 Å². The van der Waals surface area contributed by atoms with Crippen molar-refractivity contribution in [3.8, 4) is 0 Å². The number of anilines is 1. The molecule has 0 spiro atoms. The van der Waals surface area contributed by atoms with E-state index in [0.29, 0.717) is 5.92 Å². The van der Waals surface area contributed by atoms with Gasteiger partial charge in [0.05, 0.1) is 6.42 Å². The third-order valence-electron chi connectivity index (χ3n) is 3.34. The summed E-state index contributed by atoms with van der Waals surface area (Å²) in [6, 6.07) is 8.18. The molecule has 1 fully saturated rings. The summed E-state index contributed by atoms with van der Waals surface area (Å²) >= 11 is 3.43. The van der Waals surface area contributed by atoms with E-state index >= 15 is 0 Å². The van der Waals surface area contributed by atoms with Crippen molar-refractivity contribution in [2.75, 3.05) is 24.5 Å². The van der Waals surface area contributed by atoms with Gasteiger partial charge < -0.3 is 15.3 Å². The lowest BCUT2D eigenvalue weighted by Gasteiger charge is -2.27. The van der Waals surface area contributed by atoms with Crippen LogP contribution in [-0.2, 0) is 4.79 Å². The molecule has 4 nitrogen and oxygen atoms in total. The third kappa shape index (κ3) is 4.21. The number of rotatable bonds is 3. The molecule has 1 aliphatic rings. The second-order valence-corrected chi connectivity index (χ2v) is 6.11. The Morgan fingerprint density at radius 3 is 2.74 bits per heavy atom. The van der Waals surface area contributed by atoms with E-state index in [2.05, 4.69) is 45.2 Å². The van der Waals surface area contributed by atoms with Crippen molar-refractivity contribution in [2.45, 2.75) is 19.4 Å². The quantitative estimate of drug-likeness (QED) is 0.895. The van der Waals surface area contributed by atoms with E-state index in [-0.39, 0.29) is 12.5 Å². The molecule has 1 aromatic rings. The van der Waals surface area contributed by atoms with Crippen LogP contribution in [-0.4, -0.2) is 36.8 Å². The molecule has 2 unspecified atom stereocenters. The maximum Gasteiger partial charge on any atom is 0.304 e. The normalized spacial score (nSPS) is 24.0. The highest BCUT2D eigenvalue weighted by Crippen LogP contribution is 2.21. The fraction of sp³-hybridized carbons (Fsp3) is 0.500. The SMILES string of the molecule is CC1CNC(CC(=O)O)CN(c2ccc(Br)cc2)C1. The van der Waals surface area contributed by atoms with Crippen molar-refractivity contribution in [3.05, 3.63) is 28.7 Å². The van der Waals surface area contributed by atoms with E-state index in [9.17, 15) is 4.79 Å². The number of aliphatic carboxylic acids is 1. The number of carbonyl (C=O) groups is 1. The molecule has 0 radical (unpaired) electrons. The summed E-state index contributed by atoms with van der Waals surface area (Å²) < 4.78 is 1.05. The van der Waals surface area contributed by atoms with E-state index in [1.807, 2.05) is 12.1 Å². The molecular weight excluding hydrogens is 308 g/mol. The Morgan fingerprint density at radius 1 is 1.42 bits per heavy atom.